The molecule has 8 heteroatoms. The summed E-state index contributed by atoms with van der Waals surface area (Å²) in [5.41, 5.74) is 0.395. The van der Waals surface area contributed by atoms with Crippen molar-refractivity contribution in [2.75, 3.05) is 31.1 Å². The van der Waals surface area contributed by atoms with Crippen molar-refractivity contribution in [2.24, 2.45) is 0 Å². The molecule has 0 aromatic carbocycles. The normalized spacial score (nSPS) is 14.6. The van der Waals surface area contributed by atoms with Gasteiger partial charge in [-0.25, -0.2) is 9.97 Å². The number of amides is 2. The van der Waals surface area contributed by atoms with Crippen LogP contribution in [0.15, 0.2) is 35.2 Å². The van der Waals surface area contributed by atoms with Crippen molar-refractivity contribution in [3.8, 4) is 0 Å². The lowest BCUT2D eigenvalue weighted by Gasteiger charge is -2.32. The number of carbonyl (C=O) groups is 2. The third-order valence-electron chi connectivity index (χ3n) is 3.65. The molecule has 8 nitrogen and oxygen atoms in total. The molecular weight excluding hydrogens is 298 g/mol. The van der Waals surface area contributed by atoms with E-state index in [1.165, 1.54) is 12.4 Å². The van der Waals surface area contributed by atoms with Crippen molar-refractivity contribution in [2.45, 2.75) is 6.54 Å². The van der Waals surface area contributed by atoms with E-state index in [0.717, 1.165) is 6.41 Å². The maximum absolute atomic E-state index is 12.0. The first-order valence-electron chi connectivity index (χ1n) is 7.33. The second-order valence-electron chi connectivity index (χ2n) is 5.16. The lowest BCUT2D eigenvalue weighted by molar-refractivity contribution is -0.118. The highest BCUT2D eigenvalue weighted by Crippen LogP contribution is 2.10. The zero-order valence-corrected chi connectivity index (χ0v) is 12.5. The molecule has 0 bridgehead atoms. The Morgan fingerprint density at radius 3 is 2.61 bits per heavy atom. The Hall–Kier alpha value is -2.90. The van der Waals surface area contributed by atoms with Crippen molar-refractivity contribution in [3.05, 3.63) is 42.1 Å². The van der Waals surface area contributed by atoms with Crippen molar-refractivity contribution < 1.29 is 14.0 Å². The van der Waals surface area contributed by atoms with E-state index in [1.807, 2.05) is 4.90 Å². The summed E-state index contributed by atoms with van der Waals surface area (Å²) in [6, 6.07) is 3.56. The predicted octanol–water partition coefficient (Wildman–Crippen LogP) is 0.278. The highest BCUT2D eigenvalue weighted by molar-refractivity contribution is 5.93. The van der Waals surface area contributed by atoms with Crippen LogP contribution < -0.4 is 10.2 Å². The average Bonchev–Trinajstić information content (AvgIpc) is 3.13. The molecule has 2 aromatic rings. The number of rotatable bonds is 5. The van der Waals surface area contributed by atoms with Crippen LogP contribution in [0.2, 0.25) is 0 Å². The number of hydrogen-bond donors (Lipinski definition) is 1. The molecule has 0 saturated carbocycles. The minimum Gasteiger partial charge on any atom is -0.467 e. The van der Waals surface area contributed by atoms with E-state index < -0.39 is 0 Å². The van der Waals surface area contributed by atoms with Gasteiger partial charge in [0.05, 0.1) is 18.4 Å². The summed E-state index contributed by atoms with van der Waals surface area (Å²) in [5.74, 6) is 1.00. The standard InChI is InChI=1S/C15H17N5O3/c21-11-19-3-5-20(6-4-19)15-17-8-12(9-18-15)14(22)16-10-13-2-1-7-23-13/h1-2,7-9,11H,3-6,10H2,(H,16,22). The Morgan fingerprint density at radius 2 is 2.00 bits per heavy atom. The van der Waals surface area contributed by atoms with E-state index in [0.29, 0.717) is 50.0 Å². The van der Waals surface area contributed by atoms with Gasteiger partial charge in [0.1, 0.15) is 5.76 Å². The number of carbonyl (C=O) groups excluding carboxylic acids is 2. The Kier molecular flexibility index (Phi) is 4.51. The zero-order chi connectivity index (χ0) is 16.1. The van der Waals surface area contributed by atoms with Crippen molar-refractivity contribution in [1.29, 1.82) is 0 Å². The van der Waals surface area contributed by atoms with E-state index >= 15 is 0 Å². The van der Waals surface area contributed by atoms with E-state index in [2.05, 4.69) is 15.3 Å². The van der Waals surface area contributed by atoms with Gasteiger partial charge in [-0.15, -0.1) is 0 Å². The summed E-state index contributed by atoms with van der Waals surface area (Å²) in [6.07, 6.45) is 5.42. The monoisotopic (exact) mass is 315 g/mol. The van der Waals surface area contributed by atoms with E-state index in [-0.39, 0.29) is 5.91 Å². The fraction of sp³-hybridized carbons (Fsp3) is 0.333. The van der Waals surface area contributed by atoms with Crippen LogP contribution in [0.5, 0.6) is 0 Å². The number of nitrogens with one attached hydrogen (secondary N) is 1. The van der Waals surface area contributed by atoms with Crippen LogP contribution in [-0.2, 0) is 11.3 Å². The summed E-state index contributed by atoms with van der Waals surface area (Å²) in [7, 11) is 0. The number of nitrogens with zero attached hydrogens (tertiary/aromatic N) is 4. The number of hydrogen-bond acceptors (Lipinski definition) is 6. The molecule has 1 fully saturated rings. The molecule has 1 aliphatic heterocycles. The largest absolute Gasteiger partial charge is 0.467 e. The molecule has 3 rings (SSSR count). The molecule has 3 heterocycles. The highest BCUT2D eigenvalue weighted by atomic mass is 16.3. The number of furan rings is 1. The topological polar surface area (TPSA) is 91.6 Å². The van der Waals surface area contributed by atoms with E-state index in [9.17, 15) is 9.59 Å². The van der Waals surface area contributed by atoms with Crippen molar-refractivity contribution in [3.63, 3.8) is 0 Å². The third-order valence-corrected chi connectivity index (χ3v) is 3.65. The van der Waals surface area contributed by atoms with Gasteiger partial charge in [0.15, 0.2) is 0 Å². The minimum absolute atomic E-state index is 0.251. The quantitative estimate of drug-likeness (QED) is 0.797. The van der Waals surface area contributed by atoms with Crippen LogP contribution in [-0.4, -0.2) is 53.4 Å². The molecule has 23 heavy (non-hydrogen) atoms. The third kappa shape index (κ3) is 3.65. The first-order valence-corrected chi connectivity index (χ1v) is 7.33. The number of aromatic nitrogens is 2. The average molecular weight is 315 g/mol. The second kappa shape index (κ2) is 6.91. The van der Waals surface area contributed by atoms with Crippen LogP contribution >= 0.6 is 0 Å². The first-order chi connectivity index (χ1) is 11.3. The van der Waals surface area contributed by atoms with Gasteiger partial charge in [-0.1, -0.05) is 0 Å². The molecule has 2 amide bonds. The first kappa shape index (κ1) is 15.0. The minimum atomic E-state index is -0.251. The summed E-state index contributed by atoms with van der Waals surface area (Å²) < 4.78 is 5.15. The van der Waals surface area contributed by atoms with Crippen LogP contribution in [0.3, 0.4) is 0 Å². The van der Waals surface area contributed by atoms with Gasteiger partial charge in [0.2, 0.25) is 12.4 Å². The lowest BCUT2D eigenvalue weighted by Crippen LogP contribution is -2.46. The Labute approximate surface area is 133 Å². The Morgan fingerprint density at radius 1 is 1.26 bits per heavy atom. The van der Waals surface area contributed by atoms with Gasteiger partial charge in [0.25, 0.3) is 5.91 Å². The van der Waals surface area contributed by atoms with Gasteiger partial charge in [-0.2, -0.15) is 0 Å². The summed E-state index contributed by atoms with van der Waals surface area (Å²) in [4.78, 5) is 34.9. The number of anilines is 1. The molecule has 0 spiro atoms. The molecule has 0 radical (unpaired) electrons. The smallest absolute Gasteiger partial charge is 0.254 e. The van der Waals surface area contributed by atoms with Crippen LogP contribution in [0.4, 0.5) is 5.95 Å². The molecule has 0 aliphatic carbocycles. The number of piperazine rings is 1. The molecule has 1 N–H and O–H groups in total. The van der Waals surface area contributed by atoms with E-state index in [1.54, 1.807) is 23.3 Å². The van der Waals surface area contributed by atoms with Gasteiger partial charge >= 0.3 is 0 Å². The maximum Gasteiger partial charge on any atom is 0.254 e. The molecule has 2 aromatic heterocycles. The summed E-state index contributed by atoms with van der Waals surface area (Å²) in [5, 5.41) is 2.74. The van der Waals surface area contributed by atoms with Crippen molar-refractivity contribution >= 4 is 18.3 Å². The van der Waals surface area contributed by atoms with Gasteiger partial charge < -0.3 is 19.5 Å². The highest BCUT2D eigenvalue weighted by Gasteiger charge is 2.18. The molecule has 1 saturated heterocycles. The lowest BCUT2D eigenvalue weighted by atomic mass is 10.3. The van der Waals surface area contributed by atoms with Crippen LogP contribution in [0.25, 0.3) is 0 Å². The fourth-order valence-electron chi connectivity index (χ4n) is 2.31. The molecule has 1 aliphatic rings. The van der Waals surface area contributed by atoms with Crippen LogP contribution in [0.1, 0.15) is 16.1 Å². The van der Waals surface area contributed by atoms with Crippen molar-refractivity contribution in [1.82, 2.24) is 20.2 Å². The molecule has 120 valence electrons. The predicted molar refractivity (Wildman–Crippen MR) is 81.8 cm³/mol. The Bertz CT molecular complexity index is 648. The van der Waals surface area contributed by atoms with Gasteiger partial charge in [-0.3, -0.25) is 9.59 Å². The van der Waals surface area contributed by atoms with Gasteiger partial charge in [-0.05, 0) is 12.1 Å². The summed E-state index contributed by atoms with van der Waals surface area (Å²) in [6.45, 7) is 2.99. The maximum atomic E-state index is 12.0. The fourth-order valence-corrected chi connectivity index (χ4v) is 2.31. The van der Waals surface area contributed by atoms with Gasteiger partial charge in [0, 0.05) is 38.6 Å². The second-order valence-corrected chi connectivity index (χ2v) is 5.16. The van der Waals surface area contributed by atoms with Crippen LogP contribution in [0, 0.1) is 0 Å². The summed E-state index contributed by atoms with van der Waals surface area (Å²) >= 11 is 0. The molecular formula is C15H17N5O3. The van der Waals surface area contributed by atoms with E-state index in [4.69, 9.17) is 4.42 Å². The molecule has 0 atom stereocenters. The SMILES string of the molecule is O=CN1CCN(c2ncc(C(=O)NCc3ccco3)cn2)CC1. The Balaban J connectivity index is 1.56. The zero-order valence-electron chi connectivity index (χ0n) is 12.5. The molecule has 0 unspecified atom stereocenters.